The summed E-state index contributed by atoms with van der Waals surface area (Å²) in [4.78, 5) is 0. The number of hydrogen-bond donors (Lipinski definition) is 1. The molecule has 0 bridgehead atoms. The second kappa shape index (κ2) is 8.23. The third kappa shape index (κ3) is 3.67. The molecule has 0 heterocycles. The molecule has 4 heteroatoms. The zero-order chi connectivity index (χ0) is 15.2. The van der Waals surface area contributed by atoms with Crippen LogP contribution in [0.25, 0.3) is 0 Å². The van der Waals surface area contributed by atoms with Gasteiger partial charge in [0.25, 0.3) is 0 Å². The molecule has 0 aliphatic carbocycles. The van der Waals surface area contributed by atoms with E-state index in [-0.39, 0.29) is 11.6 Å². The van der Waals surface area contributed by atoms with Gasteiger partial charge in [-0.3, -0.25) is 0 Å². The summed E-state index contributed by atoms with van der Waals surface area (Å²) < 4.78 is 5.88. The lowest BCUT2D eigenvalue weighted by Crippen LogP contribution is -2.45. The zero-order valence-electron chi connectivity index (χ0n) is 12.8. The average molecular weight is 318 g/mol. The van der Waals surface area contributed by atoms with Gasteiger partial charge in [-0.25, -0.2) is 0 Å². The fourth-order valence-electron chi connectivity index (χ4n) is 2.68. The van der Waals surface area contributed by atoms with Crippen LogP contribution in [0.4, 0.5) is 0 Å². The first-order valence-electron chi connectivity index (χ1n) is 7.28. The number of methoxy groups -OCH3 is 1. The molecule has 1 unspecified atom stereocenters. The molecule has 0 aromatic heterocycles. The molecule has 1 aromatic rings. The van der Waals surface area contributed by atoms with E-state index in [4.69, 9.17) is 27.9 Å². The summed E-state index contributed by atoms with van der Waals surface area (Å²) in [7, 11) is 1.77. The number of hydrogen-bond acceptors (Lipinski definition) is 2. The highest BCUT2D eigenvalue weighted by Gasteiger charge is 2.37. The van der Waals surface area contributed by atoms with Gasteiger partial charge in [-0.2, -0.15) is 0 Å². The van der Waals surface area contributed by atoms with Crippen molar-refractivity contribution >= 4 is 23.2 Å². The third-order valence-electron chi connectivity index (χ3n) is 4.02. The van der Waals surface area contributed by atoms with E-state index in [1.54, 1.807) is 7.11 Å². The molecule has 1 N–H and O–H groups in total. The van der Waals surface area contributed by atoms with Gasteiger partial charge in [-0.15, -0.1) is 0 Å². The Balaban J connectivity index is 3.27. The molecule has 0 saturated carbocycles. The summed E-state index contributed by atoms with van der Waals surface area (Å²) in [6, 6.07) is 5.82. The molecular weight excluding hydrogens is 293 g/mol. The zero-order valence-corrected chi connectivity index (χ0v) is 14.3. The Labute approximate surface area is 132 Å². The van der Waals surface area contributed by atoms with Gasteiger partial charge < -0.3 is 10.1 Å². The summed E-state index contributed by atoms with van der Waals surface area (Å²) in [6.45, 7) is 7.35. The Morgan fingerprint density at radius 3 is 2.35 bits per heavy atom. The Bertz CT molecular complexity index is 411. The van der Waals surface area contributed by atoms with Crippen molar-refractivity contribution in [1.82, 2.24) is 5.32 Å². The summed E-state index contributed by atoms with van der Waals surface area (Å²) in [5.41, 5.74) is 0.738. The summed E-state index contributed by atoms with van der Waals surface area (Å²) in [5.74, 6) is 0. The molecule has 1 aromatic carbocycles. The van der Waals surface area contributed by atoms with Crippen LogP contribution in [0.1, 0.15) is 51.6 Å². The van der Waals surface area contributed by atoms with Crippen molar-refractivity contribution in [2.45, 2.75) is 51.7 Å². The van der Waals surface area contributed by atoms with Crippen LogP contribution in [0, 0.1) is 0 Å². The Morgan fingerprint density at radius 1 is 1.20 bits per heavy atom. The van der Waals surface area contributed by atoms with Crippen LogP contribution >= 0.6 is 23.2 Å². The highest BCUT2D eigenvalue weighted by Crippen LogP contribution is 2.39. The molecule has 0 fully saturated rings. The van der Waals surface area contributed by atoms with Crippen LogP contribution in [0.5, 0.6) is 0 Å². The fourth-order valence-corrected chi connectivity index (χ4v) is 3.09. The molecular formula is C16H25Cl2NO. The van der Waals surface area contributed by atoms with Gasteiger partial charge in [0, 0.05) is 7.11 Å². The topological polar surface area (TPSA) is 21.3 Å². The minimum atomic E-state index is -0.274. The SMILES string of the molecule is CCCNC(c1cccc(Cl)c1Cl)C(CC)(CC)OC. The van der Waals surface area contributed by atoms with Crippen molar-refractivity contribution in [3.05, 3.63) is 33.8 Å². The second-order valence-corrected chi connectivity index (χ2v) is 5.79. The Hall–Kier alpha value is -0.280. The van der Waals surface area contributed by atoms with E-state index in [0.29, 0.717) is 10.0 Å². The predicted octanol–water partition coefficient (Wildman–Crippen LogP) is 5.24. The van der Waals surface area contributed by atoms with Gasteiger partial charge in [-0.1, -0.05) is 56.1 Å². The molecule has 2 nitrogen and oxygen atoms in total. The molecule has 20 heavy (non-hydrogen) atoms. The van der Waals surface area contributed by atoms with E-state index in [1.807, 2.05) is 18.2 Å². The van der Waals surface area contributed by atoms with Crippen molar-refractivity contribution in [3.8, 4) is 0 Å². The summed E-state index contributed by atoms with van der Waals surface area (Å²) >= 11 is 12.6. The van der Waals surface area contributed by atoms with Gasteiger partial charge >= 0.3 is 0 Å². The van der Waals surface area contributed by atoms with E-state index >= 15 is 0 Å². The minimum absolute atomic E-state index is 0.0358. The van der Waals surface area contributed by atoms with Gasteiger partial charge in [0.1, 0.15) is 0 Å². The van der Waals surface area contributed by atoms with Gasteiger partial charge in [0.2, 0.25) is 0 Å². The number of rotatable bonds is 8. The first-order valence-corrected chi connectivity index (χ1v) is 8.04. The minimum Gasteiger partial charge on any atom is -0.376 e. The second-order valence-electron chi connectivity index (χ2n) is 5.01. The fraction of sp³-hybridized carbons (Fsp3) is 0.625. The van der Waals surface area contributed by atoms with Gasteiger partial charge in [0.05, 0.1) is 21.7 Å². The summed E-state index contributed by atoms with van der Waals surface area (Å²) in [5, 5.41) is 4.78. The standard InChI is InChI=1S/C16H25Cl2NO/c1-5-11-19-15(16(6-2,7-3)20-4)12-9-8-10-13(17)14(12)18/h8-10,15,19H,5-7,11H2,1-4H3. The first kappa shape index (κ1) is 17.8. The van der Waals surface area contributed by atoms with Crippen LogP contribution in [0.15, 0.2) is 18.2 Å². The lowest BCUT2D eigenvalue weighted by molar-refractivity contribution is -0.0485. The lowest BCUT2D eigenvalue weighted by atomic mass is 9.83. The molecule has 1 atom stereocenters. The molecule has 0 saturated heterocycles. The number of ether oxygens (including phenoxy) is 1. The maximum absolute atomic E-state index is 6.42. The van der Waals surface area contributed by atoms with E-state index < -0.39 is 0 Å². The quantitative estimate of drug-likeness (QED) is 0.708. The molecule has 0 radical (unpaired) electrons. The highest BCUT2D eigenvalue weighted by molar-refractivity contribution is 6.42. The van der Waals surface area contributed by atoms with E-state index in [0.717, 1.165) is 31.4 Å². The number of halogens is 2. The van der Waals surface area contributed by atoms with Crippen molar-refractivity contribution < 1.29 is 4.74 Å². The highest BCUT2D eigenvalue weighted by atomic mass is 35.5. The molecule has 0 aliphatic rings. The van der Waals surface area contributed by atoms with Gasteiger partial charge in [0.15, 0.2) is 0 Å². The van der Waals surface area contributed by atoms with Crippen LogP contribution in [-0.2, 0) is 4.74 Å². The van der Waals surface area contributed by atoms with Gasteiger partial charge in [-0.05, 0) is 37.4 Å². The van der Waals surface area contributed by atoms with Crippen molar-refractivity contribution in [2.24, 2.45) is 0 Å². The molecule has 0 aliphatic heterocycles. The van der Waals surface area contributed by atoms with Crippen LogP contribution < -0.4 is 5.32 Å². The maximum Gasteiger partial charge on any atom is 0.0867 e. The van der Waals surface area contributed by atoms with Crippen LogP contribution in [0.2, 0.25) is 10.0 Å². The van der Waals surface area contributed by atoms with Crippen molar-refractivity contribution in [2.75, 3.05) is 13.7 Å². The maximum atomic E-state index is 6.42. The Morgan fingerprint density at radius 2 is 1.85 bits per heavy atom. The smallest absolute Gasteiger partial charge is 0.0867 e. The van der Waals surface area contributed by atoms with Crippen molar-refractivity contribution in [3.63, 3.8) is 0 Å². The van der Waals surface area contributed by atoms with E-state index in [1.165, 1.54) is 0 Å². The average Bonchev–Trinajstić information content (AvgIpc) is 2.47. The third-order valence-corrected chi connectivity index (χ3v) is 4.85. The Kier molecular flexibility index (Phi) is 7.32. The molecule has 114 valence electrons. The first-order chi connectivity index (χ1) is 9.56. The molecule has 0 spiro atoms. The predicted molar refractivity (Wildman–Crippen MR) is 87.8 cm³/mol. The number of benzene rings is 1. The largest absolute Gasteiger partial charge is 0.376 e. The number of nitrogens with one attached hydrogen (secondary N) is 1. The van der Waals surface area contributed by atoms with Crippen LogP contribution in [0.3, 0.4) is 0 Å². The monoisotopic (exact) mass is 317 g/mol. The van der Waals surface area contributed by atoms with E-state index in [9.17, 15) is 0 Å². The van der Waals surface area contributed by atoms with Crippen molar-refractivity contribution in [1.29, 1.82) is 0 Å². The normalized spacial score (nSPS) is 13.5. The van der Waals surface area contributed by atoms with Crippen LogP contribution in [-0.4, -0.2) is 19.3 Å². The summed E-state index contributed by atoms with van der Waals surface area (Å²) in [6.07, 6.45) is 2.87. The lowest BCUT2D eigenvalue weighted by Gasteiger charge is -2.39. The van der Waals surface area contributed by atoms with E-state index in [2.05, 4.69) is 26.1 Å². The molecule has 1 rings (SSSR count). The molecule has 0 amide bonds.